The summed E-state index contributed by atoms with van der Waals surface area (Å²) >= 11 is 12.2. The van der Waals surface area contributed by atoms with E-state index >= 15 is 0 Å². The normalized spacial score (nSPS) is 10.2. The van der Waals surface area contributed by atoms with Crippen molar-refractivity contribution in [3.05, 3.63) is 46.4 Å². The Morgan fingerprint density at radius 2 is 1.78 bits per heavy atom. The van der Waals surface area contributed by atoms with Gasteiger partial charge in [-0.1, -0.05) is 29.3 Å². The van der Waals surface area contributed by atoms with Crippen LogP contribution in [0.2, 0.25) is 10.0 Å². The lowest BCUT2D eigenvalue weighted by atomic mass is 10.2. The first-order valence-electron chi connectivity index (χ1n) is 5.26. The highest BCUT2D eigenvalue weighted by atomic mass is 35.5. The topological polar surface area (TPSA) is 47.3 Å². The number of methoxy groups -OCH3 is 1. The number of hydrogen-bond donors (Lipinski definition) is 2. The van der Waals surface area contributed by atoms with Gasteiger partial charge in [0.2, 0.25) is 0 Å². The van der Waals surface area contributed by atoms with E-state index in [0.717, 1.165) is 11.4 Å². The van der Waals surface area contributed by atoms with Gasteiger partial charge in [-0.15, -0.1) is 0 Å². The molecule has 0 saturated carbocycles. The highest BCUT2D eigenvalue weighted by Crippen LogP contribution is 2.35. The van der Waals surface area contributed by atoms with Gasteiger partial charge in [0.1, 0.15) is 5.75 Å². The molecule has 2 aromatic carbocycles. The summed E-state index contributed by atoms with van der Waals surface area (Å²) in [7, 11) is 1.61. The molecule has 0 aliphatic carbocycles. The second-order valence-corrected chi connectivity index (χ2v) is 4.53. The smallest absolute Gasteiger partial charge is 0.120 e. The van der Waals surface area contributed by atoms with Crippen LogP contribution in [0.5, 0.6) is 5.75 Å². The summed E-state index contributed by atoms with van der Waals surface area (Å²) in [6, 6.07) is 10.8. The molecule has 0 heterocycles. The minimum absolute atomic E-state index is 0.475. The van der Waals surface area contributed by atoms with Crippen LogP contribution in [0, 0.1) is 0 Å². The second-order valence-electron chi connectivity index (χ2n) is 3.72. The van der Waals surface area contributed by atoms with Crippen molar-refractivity contribution in [2.75, 3.05) is 18.2 Å². The van der Waals surface area contributed by atoms with Crippen molar-refractivity contribution in [2.24, 2.45) is 0 Å². The van der Waals surface area contributed by atoms with Crippen LogP contribution in [0.25, 0.3) is 0 Å². The van der Waals surface area contributed by atoms with Crippen molar-refractivity contribution in [1.82, 2.24) is 0 Å². The number of anilines is 3. The van der Waals surface area contributed by atoms with Crippen LogP contribution < -0.4 is 15.8 Å². The zero-order chi connectivity index (χ0) is 13.1. The monoisotopic (exact) mass is 282 g/mol. The predicted octanol–water partition coefficient (Wildman–Crippen LogP) is 4.33. The van der Waals surface area contributed by atoms with Crippen molar-refractivity contribution in [3.8, 4) is 5.75 Å². The third-order valence-corrected chi connectivity index (χ3v) is 3.00. The van der Waals surface area contributed by atoms with Gasteiger partial charge < -0.3 is 15.8 Å². The molecule has 0 bridgehead atoms. The molecule has 94 valence electrons. The van der Waals surface area contributed by atoms with E-state index in [1.165, 1.54) is 0 Å². The van der Waals surface area contributed by atoms with Crippen molar-refractivity contribution < 1.29 is 4.74 Å². The SMILES string of the molecule is COc1cccc(Nc2c(Cl)cc(N)cc2Cl)c1. The van der Waals surface area contributed by atoms with Gasteiger partial charge in [-0.3, -0.25) is 0 Å². The first-order valence-corrected chi connectivity index (χ1v) is 6.01. The summed E-state index contributed by atoms with van der Waals surface area (Å²) in [4.78, 5) is 0. The van der Waals surface area contributed by atoms with Crippen molar-refractivity contribution in [2.45, 2.75) is 0 Å². The maximum atomic E-state index is 6.10. The highest BCUT2D eigenvalue weighted by Gasteiger charge is 2.08. The summed E-state index contributed by atoms with van der Waals surface area (Å²) in [6.45, 7) is 0. The van der Waals surface area contributed by atoms with Gasteiger partial charge >= 0.3 is 0 Å². The highest BCUT2D eigenvalue weighted by molar-refractivity contribution is 6.39. The van der Waals surface area contributed by atoms with Gasteiger partial charge in [-0.2, -0.15) is 0 Å². The van der Waals surface area contributed by atoms with E-state index in [2.05, 4.69) is 5.32 Å². The number of hydrogen-bond acceptors (Lipinski definition) is 3. The molecule has 0 fully saturated rings. The maximum absolute atomic E-state index is 6.10. The number of benzene rings is 2. The molecule has 0 spiro atoms. The molecule has 0 saturated heterocycles. The van der Waals surface area contributed by atoms with Crippen LogP contribution in [0.15, 0.2) is 36.4 Å². The molecule has 0 aliphatic rings. The number of ether oxygens (including phenoxy) is 1. The molecule has 0 radical (unpaired) electrons. The lowest BCUT2D eigenvalue weighted by Crippen LogP contribution is -1.95. The molecule has 3 N–H and O–H groups in total. The van der Waals surface area contributed by atoms with Gasteiger partial charge in [0.05, 0.1) is 22.8 Å². The summed E-state index contributed by atoms with van der Waals surface area (Å²) in [6.07, 6.45) is 0. The molecule has 5 heteroatoms. The van der Waals surface area contributed by atoms with Crippen molar-refractivity contribution >= 4 is 40.3 Å². The fourth-order valence-corrected chi connectivity index (χ4v) is 2.16. The van der Waals surface area contributed by atoms with Crippen LogP contribution in [0.3, 0.4) is 0 Å². The molecule has 0 aromatic heterocycles. The molecule has 0 atom stereocenters. The Bertz CT molecular complexity index is 550. The molecule has 2 aromatic rings. The predicted molar refractivity (Wildman–Crippen MR) is 77.2 cm³/mol. The fraction of sp³-hybridized carbons (Fsp3) is 0.0769. The number of nitrogens with one attached hydrogen (secondary N) is 1. The van der Waals surface area contributed by atoms with Gasteiger partial charge in [0.25, 0.3) is 0 Å². The van der Waals surface area contributed by atoms with Crippen LogP contribution in [0.1, 0.15) is 0 Å². The van der Waals surface area contributed by atoms with Crippen LogP contribution in [-0.2, 0) is 0 Å². The standard InChI is InChI=1S/C13H12Cl2N2O/c1-18-10-4-2-3-9(7-10)17-13-11(14)5-8(16)6-12(13)15/h2-7,17H,16H2,1H3. The number of nitrogens with two attached hydrogens (primary N) is 1. The Morgan fingerprint density at radius 3 is 2.39 bits per heavy atom. The first-order chi connectivity index (χ1) is 8.60. The van der Waals surface area contributed by atoms with E-state index in [-0.39, 0.29) is 0 Å². The van der Waals surface area contributed by atoms with Crippen molar-refractivity contribution in [3.63, 3.8) is 0 Å². The van der Waals surface area contributed by atoms with E-state index in [9.17, 15) is 0 Å². The zero-order valence-corrected chi connectivity index (χ0v) is 11.2. The van der Waals surface area contributed by atoms with Gasteiger partial charge in [-0.25, -0.2) is 0 Å². The second kappa shape index (κ2) is 5.38. The summed E-state index contributed by atoms with van der Waals surface area (Å²) in [5.74, 6) is 0.752. The zero-order valence-electron chi connectivity index (χ0n) is 9.71. The maximum Gasteiger partial charge on any atom is 0.120 e. The van der Waals surface area contributed by atoms with E-state index in [4.69, 9.17) is 33.7 Å². The van der Waals surface area contributed by atoms with E-state index in [1.807, 2.05) is 24.3 Å². The lowest BCUT2D eigenvalue weighted by molar-refractivity contribution is 0.415. The van der Waals surface area contributed by atoms with Crippen LogP contribution in [-0.4, -0.2) is 7.11 Å². The molecular formula is C13H12Cl2N2O. The Hall–Kier alpha value is -1.58. The molecule has 0 unspecified atom stereocenters. The van der Waals surface area contributed by atoms with Gasteiger partial charge in [-0.05, 0) is 24.3 Å². The minimum atomic E-state index is 0.475. The Balaban J connectivity index is 2.33. The van der Waals surface area contributed by atoms with Crippen LogP contribution >= 0.6 is 23.2 Å². The van der Waals surface area contributed by atoms with Gasteiger partial charge in [0, 0.05) is 17.4 Å². The average molecular weight is 283 g/mol. The average Bonchev–Trinajstić information content (AvgIpc) is 2.34. The number of nitrogen functional groups attached to an aromatic ring is 1. The van der Waals surface area contributed by atoms with E-state index in [1.54, 1.807) is 19.2 Å². The molecule has 18 heavy (non-hydrogen) atoms. The van der Waals surface area contributed by atoms with E-state index < -0.39 is 0 Å². The van der Waals surface area contributed by atoms with Gasteiger partial charge in [0.15, 0.2) is 0 Å². The number of rotatable bonds is 3. The Labute approximate surface area is 115 Å². The third-order valence-electron chi connectivity index (χ3n) is 2.40. The Morgan fingerprint density at radius 1 is 1.11 bits per heavy atom. The third kappa shape index (κ3) is 2.81. The minimum Gasteiger partial charge on any atom is -0.497 e. The van der Waals surface area contributed by atoms with Crippen LogP contribution in [0.4, 0.5) is 17.1 Å². The quantitative estimate of drug-likeness (QED) is 0.824. The van der Waals surface area contributed by atoms with E-state index in [0.29, 0.717) is 21.4 Å². The molecule has 0 amide bonds. The summed E-state index contributed by atoms with van der Waals surface area (Å²) < 4.78 is 5.15. The fourth-order valence-electron chi connectivity index (χ4n) is 1.56. The Kier molecular flexibility index (Phi) is 3.84. The lowest BCUT2D eigenvalue weighted by Gasteiger charge is -2.12. The molecule has 3 nitrogen and oxygen atoms in total. The summed E-state index contributed by atoms with van der Waals surface area (Å²) in [5.41, 5.74) is 7.64. The molecule has 2 rings (SSSR count). The first kappa shape index (κ1) is 12.9. The molecular weight excluding hydrogens is 271 g/mol. The molecule has 0 aliphatic heterocycles. The number of halogens is 2. The van der Waals surface area contributed by atoms with Crippen molar-refractivity contribution in [1.29, 1.82) is 0 Å². The summed E-state index contributed by atoms with van der Waals surface area (Å²) in [5, 5.41) is 4.09. The largest absolute Gasteiger partial charge is 0.497 e.